The van der Waals surface area contributed by atoms with Gasteiger partial charge in [0.05, 0.1) is 5.69 Å². The highest BCUT2D eigenvalue weighted by Gasteiger charge is 2.46. The average Bonchev–Trinajstić information content (AvgIpc) is 3.37. The van der Waals surface area contributed by atoms with Gasteiger partial charge in [-0.3, -0.25) is 4.79 Å². The fraction of sp³-hybridized carbons (Fsp3) is 0.519. The number of carbonyl (C=O) groups excluding carboxylic acids is 1. The number of aryl methyl sites for hydroxylation is 1. The van der Waals surface area contributed by atoms with Gasteiger partial charge >= 0.3 is 0 Å². The zero-order valence-electron chi connectivity index (χ0n) is 20.0. The number of carbonyl (C=O) groups is 1. The lowest BCUT2D eigenvalue weighted by Crippen LogP contribution is -2.55. The van der Waals surface area contributed by atoms with Gasteiger partial charge < -0.3 is 10.2 Å². The van der Waals surface area contributed by atoms with Crippen molar-refractivity contribution in [2.75, 3.05) is 7.05 Å². The molecule has 5 nitrogen and oxygen atoms in total. The first kappa shape index (κ1) is 22.4. The monoisotopic (exact) mass is 494 g/mol. The number of piperidine rings is 1. The average molecular weight is 495 g/mol. The molecule has 1 amide bonds. The number of benzene rings is 1. The van der Waals surface area contributed by atoms with Crippen LogP contribution in [0.1, 0.15) is 84.7 Å². The van der Waals surface area contributed by atoms with E-state index in [1.165, 1.54) is 12.8 Å². The van der Waals surface area contributed by atoms with Crippen molar-refractivity contribution in [2.45, 2.75) is 81.8 Å². The van der Waals surface area contributed by atoms with Crippen LogP contribution in [0, 0.1) is 6.92 Å². The molecule has 0 radical (unpaired) electrons. The van der Waals surface area contributed by atoms with Gasteiger partial charge in [-0.15, -0.1) is 11.3 Å². The summed E-state index contributed by atoms with van der Waals surface area (Å²) in [6, 6.07) is 8.84. The SMILES string of the molecule is CC[C@]12CC[C@H](C[C@@H](N(C)C(=O)c3ccc([C@@H]4C[C@H]4c4nc(C)nc5sccc45)c(Cl)c3)C1)N2. The van der Waals surface area contributed by atoms with Gasteiger partial charge in [0.2, 0.25) is 0 Å². The van der Waals surface area contributed by atoms with E-state index in [1.54, 1.807) is 11.3 Å². The highest BCUT2D eigenvalue weighted by Crippen LogP contribution is 2.57. The van der Waals surface area contributed by atoms with Crippen LogP contribution < -0.4 is 5.32 Å². The minimum atomic E-state index is 0.0738. The van der Waals surface area contributed by atoms with E-state index >= 15 is 0 Å². The summed E-state index contributed by atoms with van der Waals surface area (Å²) >= 11 is 8.43. The molecule has 2 aromatic heterocycles. The zero-order chi connectivity index (χ0) is 23.6. The molecule has 178 valence electrons. The molecule has 5 atom stereocenters. The van der Waals surface area contributed by atoms with Crippen molar-refractivity contribution in [1.29, 1.82) is 0 Å². The van der Waals surface area contributed by atoms with Gasteiger partial charge in [-0.1, -0.05) is 24.6 Å². The summed E-state index contributed by atoms with van der Waals surface area (Å²) in [5.74, 6) is 1.60. The quantitative estimate of drug-likeness (QED) is 0.468. The van der Waals surface area contributed by atoms with E-state index in [0.29, 0.717) is 28.5 Å². The molecule has 34 heavy (non-hydrogen) atoms. The smallest absolute Gasteiger partial charge is 0.253 e. The van der Waals surface area contributed by atoms with E-state index in [2.05, 4.69) is 34.7 Å². The van der Waals surface area contributed by atoms with Crippen molar-refractivity contribution in [1.82, 2.24) is 20.2 Å². The molecule has 3 aromatic rings. The van der Waals surface area contributed by atoms with Crippen LogP contribution in [0.2, 0.25) is 5.02 Å². The van der Waals surface area contributed by atoms with Crippen molar-refractivity contribution < 1.29 is 4.79 Å². The molecular formula is C27H31ClN4OS. The molecule has 1 aromatic carbocycles. The Labute approximate surface area is 209 Å². The first-order chi connectivity index (χ1) is 16.4. The lowest BCUT2D eigenvalue weighted by atomic mass is 9.84. The summed E-state index contributed by atoms with van der Waals surface area (Å²) in [6.07, 6.45) is 6.67. The fourth-order valence-electron chi connectivity index (χ4n) is 6.39. The second-order valence-electron chi connectivity index (χ2n) is 10.5. The van der Waals surface area contributed by atoms with Crippen LogP contribution in [-0.4, -0.2) is 45.4 Å². The summed E-state index contributed by atoms with van der Waals surface area (Å²) in [5.41, 5.74) is 3.14. The van der Waals surface area contributed by atoms with E-state index in [0.717, 1.165) is 53.0 Å². The maximum Gasteiger partial charge on any atom is 0.253 e. The van der Waals surface area contributed by atoms with Crippen LogP contribution in [0.4, 0.5) is 0 Å². The Hall–Kier alpha value is -2.02. The van der Waals surface area contributed by atoms with Crippen molar-refractivity contribution in [3.8, 4) is 0 Å². The summed E-state index contributed by atoms with van der Waals surface area (Å²) < 4.78 is 0. The largest absolute Gasteiger partial charge is 0.339 e. The van der Waals surface area contributed by atoms with Crippen LogP contribution in [0.25, 0.3) is 10.2 Å². The van der Waals surface area contributed by atoms with Crippen LogP contribution in [0.15, 0.2) is 29.6 Å². The van der Waals surface area contributed by atoms with Gasteiger partial charge in [-0.05, 0) is 80.5 Å². The Balaban J connectivity index is 1.20. The molecule has 3 aliphatic rings. The molecule has 6 rings (SSSR count). The zero-order valence-corrected chi connectivity index (χ0v) is 21.5. The maximum atomic E-state index is 13.4. The topological polar surface area (TPSA) is 58.1 Å². The summed E-state index contributed by atoms with van der Waals surface area (Å²) in [4.78, 5) is 25.8. The Morgan fingerprint density at radius 1 is 1.26 bits per heavy atom. The third-order valence-electron chi connectivity index (χ3n) is 8.46. The highest BCUT2D eigenvalue weighted by atomic mass is 35.5. The number of rotatable bonds is 5. The number of aromatic nitrogens is 2. The summed E-state index contributed by atoms with van der Waals surface area (Å²) in [5, 5.41) is 7.75. The third kappa shape index (κ3) is 3.75. The van der Waals surface area contributed by atoms with Gasteiger partial charge in [0, 0.05) is 46.6 Å². The molecule has 1 saturated carbocycles. The van der Waals surface area contributed by atoms with Gasteiger partial charge in [0.25, 0.3) is 5.91 Å². The number of halogens is 1. The Kier molecular flexibility index (Phi) is 5.47. The van der Waals surface area contributed by atoms with E-state index in [4.69, 9.17) is 16.6 Å². The molecule has 2 bridgehead atoms. The summed E-state index contributed by atoms with van der Waals surface area (Å²) in [7, 11) is 1.96. The molecule has 2 aliphatic heterocycles. The predicted molar refractivity (Wildman–Crippen MR) is 138 cm³/mol. The molecule has 0 spiro atoms. The second kappa shape index (κ2) is 8.28. The Morgan fingerprint density at radius 3 is 2.91 bits per heavy atom. The molecule has 1 N–H and O–H groups in total. The van der Waals surface area contributed by atoms with E-state index in [9.17, 15) is 4.79 Å². The number of nitrogens with zero attached hydrogens (tertiary/aromatic N) is 3. The molecule has 0 unspecified atom stereocenters. The number of fused-ring (bicyclic) bond motifs is 3. The molecule has 3 fully saturated rings. The lowest BCUT2D eigenvalue weighted by Gasteiger charge is -2.42. The van der Waals surface area contributed by atoms with Crippen molar-refractivity contribution in [3.05, 3.63) is 57.3 Å². The van der Waals surface area contributed by atoms with Gasteiger partial charge in [0.15, 0.2) is 0 Å². The molecule has 7 heteroatoms. The van der Waals surface area contributed by atoms with Gasteiger partial charge in [-0.25, -0.2) is 9.97 Å². The Bertz CT molecular complexity index is 1270. The first-order valence-electron chi connectivity index (χ1n) is 12.4. The van der Waals surface area contributed by atoms with Crippen molar-refractivity contribution >= 4 is 39.1 Å². The molecule has 1 aliphatic carbocycles. The van der Waals surface area contributed by atoms with Crippen LogP contribution in [0.5, 0.6) is 0 Å². The molecule has 2 saturated heterocycles. The predicted octanol–water partition coefficient (Wildman–Crippen LogP) is 6.06. The second-order valence-corrected chi connectivity index (χ2v) is 11.8. The fourth-order valence-corrected chi connectivity index (χ4v) is 7.53. The lowest BCUT2D eigenvalue weighted by molar-refractivity contribution is 0.0635. The van der Waals surface area contributed by atoms with E-state index < -0.39 is 0 Å². The number of hydrogen-bond donors (Lipinski definition) is 1. The van der Waals surface area contributed by atoms with Crippen LogP contribution >= 0.6 is 22.9 Å². The van der Waals surface area contributed by atoms with Gasteiger partial charge in [-0.2, -0.15) is 0 Å². The number of nitrogens with one attached hydrogen (secondary N) is 1. The Morgan fingerprint density at radius 2 is 2.12 bits per heavy atom. The van der Waals surface area contributed by atoms with Crippen molar-refractivity contribution in [3.63, 3.8) is 0 Å². The third-order valence-corrected chi connectivity index (χ3v) is 9.60. The number of thiophene rings is 1. The van der Waals surface area contributed by atoms with Crippen LogP contribution in [0.3, 0.4) is 0 Å². The highest BCUT2D eigenvalue weighted by molar-refractivity contribution is 7.16. The molecule has 4 heterocycles. The molecular weight excluding hydrogens is 464 g/mol. The normalized spacial score (nSPS) is 30.0. The maximum absolute atomic E-state index is 13.4. The van der Waals surface area contributed by atoms with Crippen LogP contribution in [-0.2, 0) is 0 Å². The summed E-state index contributed by atoms with van der Waals surface area (Å²) in [6.45, 7) is 4.22. The van der Waals surface area contributed by atoms with Crippen molar-refractivity contribution in [2.24, 2.45) is 0 Å². The minimum Gasteiger partial charge on any atom is -0.339 e. The first-order valence-corrected chi connectivity index (χ1v) is 13.7. The van der Waals surface area contributed by atoms with E-state index in [-0.39, 0.29) is 17.5 Å². The number of hydrogen-bond acceptors (Lipinski definition) is 5. The minimum absolute atomic E-state index is 0.0738. The van der Waals surface area contributed by atoms with Gasteiger partial charge in [0.1, 0.15) is 10.7 Å². The standard InChI is InChI=1S/C27H31ClN4OS/c1-4-27-9-7-17(31-27)12-18(14-27)32(3)26(33)16-5-6-19(23(28)11-16)21-13-22(21)24-20-8-10-34-25(20)30-15(2)29-24/h5-6,8,10-11,17-18,21-22,31H,4,7,9,12-14H2,1-3H3/t17-,18-,21+,22-,27+/m1/s1. The number of amides is 1. The van der Waals surface area contributed by atoms with E-state index in [1.807, 2.05) is 31.0 Å².